The van der Waals surface area contributed by atoms with Crippen LogP contribution in [0.2, 0.25) is 0 Å². The molecule has 3 rings (SSSR count). The summed E-state index contributed by atoms with van der Waals surface area (Å²) in [7, 11) is 0. The van der Waals surface area contributed by atoms with E-state index in [9.17, 15) is 9.90 Å². The van der Waals surface area contributed by atoms with Crippen LogP contribution >= 0.6 is 0 Å². The van der Waals surface area contributed by atoms with Gasteiger partial charge in [-0.1, -0.05) is 12.6 Å². The number of amides is 1. The van der Waals surface area contributed by atoms with Crippen LogP contribution in [0.1, 0.15) is 36.1 Å². The summed E-state index contributed by atoms with van der Waals surface area (Å²) in [6.45, 7) is 11.8. The summed E-state index contributed by atoms with van der Waals surface area (Å²) in [6, 6.07) is 4.83. The molecule has 5 nitrogen and oxygen atoms in total. The van der Waals surface area contributed by atoms with Gasteiger partial charge >= 0.3 is 0 Å². The molecule has 2 bridgehead atoms. The van der Waals surface area contributed by atoms with Crippen LogP contribution in [0.4, 0.5) is 0 Å². The second-order valence-corrected chi connectivity index (χ2v) is 6.80. The van der Waals surface area contributed by atoms with E-state index in [0.29, 0.717) is 23.5 Å². The highest BCUT2D eigenvalue weighted by atomic mass is 16.3. The third kappa shape index (κ3) is 2.49. The van der Waals surface area contributed by atoms with Gasteiger partial charge in [0.25, 0.3) is 5.91 Å². The van der Waals surface area contributed by atoms with E-state index in [1.165, 1.54) is 5.56 Å². The van der Waals surface area contributed by atoms with Crippen LogP contribution in [0.5, 0.6) is 5.75 Å². The number of hydrogen-bond acceptors (Lipinski definition) is 4. The van der Waals surface area contributed by atoms with Crippen molar-refractivity contribution >= 4 is 5.91 Å². The maximum Gasteiger partial charge on any atom is 0.264 e. The van der Waals surface area contributed by atoms with E-state index in [1.54, 1.807) is 6.07 Å². The van der Waals surface area contributed by atoms with Crippen LogP contribution < -0.4 is 5.73 Å². The summed E-state index contributed by atoms with van der Waals surface area (Å²) in [5.41, 5.74) is 9.15. The van der Waals surface area contributed by atoms with Crippen molar-refractivity contribution < 1.29 is 9.90 Å². The average Bonchev–Trinajstić information content (AvgIpc) is 3.11. The summed E-state index contributed by atoms with van der Waals surface area (Å²) < 4.78 is 0. The molecule has 1 aromatic carbocycles. The number of rotatable bonds is 4. The third-order valence-electron chi connectivity index (χ3n) is 5.66. The quantitative estimate of drug-likeness (QED) is 0.832. The number of aromatic hydroxyl groups is 1. The standard InChI is InChI=1S/C18H25N3O2/c1-10-11(2)17(22)6-5-16(10)12(3)20-8-15-7-14(20)9-21(15)13(4)18(19)23/h5-6,12,14-15,22H,4,7-9H2,1-3H3,(H2,19,23)/t12-,14-,15-/m0/s1. The predicted molar refractivity (Wildman–Crippen MR) is 89.9 cm³/mol. The average molecular weight is 315 g/mol. The topological polar surface area (TPSA) is 69.8 Å². The lowest BCUT2D eigenvalue weighted by Crippen LogP contribution is -2.48. The lowest BCUT2D eigenvalue weighted by atomic mass is 9.96. The molecular formula is C18H25N3O2. The first-order valence-corrected chi connectivity index (χ1v) is 8.11. The van der Waals surface area contributed by atoms with Crippen LogP contribution in [0.3, 0.4) is 0 Å². The zero-order valence-corrected chi connectivity index (χ0v) is 14.0. The molecule has 3 N–H and O–H groups in total. The van der Waals surface area contributed by atoms with Gasteiger partial charge in [0.15, 0.2) is 0 Å². The second-order valence-electron chi connectivity index (χ2n) is 6.80. The zero-order chi connectivity index (χ0) is 16.9. The second kappa shape index (κ2) is 5.57. The summed E-state index contributed by atoms with van der Waals surface area (Å²) >= 11 is 0. The number of primary amides is 1. The Hall–Kier alpha value is -2.01. The summed E-state index contributed by atoms with van der Waals surface area (Å²) in [6.07, 6.45) is 1.05. The van der Waals surface area contributed by atoms with Gasteiger partial charge in [0.2, 0.25) is 0 Å². The van der Waals surface area contributed by atoms with Crippen molar-refractivity contribution in [2.75, 3.05) is 13.1 Å². The van der Waals surface area contributed by atoms with E-state index in [1.807, 2.05) is 13.0 Å². The van der Waals surface area contributed by atoms with Gasteiger partial charge in [-0.25, -0.2) is 0 Å². The molecule has 0 spiro atoms. The number of nitrogens with two attached hydrogens (primary N) is 1. The normalized spacial score (nSPS) is 24.9. The van der Waals surface area contributed by atoms with Crippen molar-refractivity contribution in [1.29, 1.82) is 0 Å². The fourth-order valence-electron chi connectivity index (χ4n) is 4.10. The van der Waals surface area contributed by atoms with Crippen LogP contribution in [0.25, 0.3) is 0 Å². The summed E-state index contributed by atoms with van der Waals surface area (Å²) in [5, 5.41) is 9.85. The molecule has 1 amide bonds. The molecule has 2 aliphatic heterocycles. The van der Waals surface area contributed by atoms with E-state index in [0.717, 1.165) is 30.6 Å². The molecule has 1 aromatic rings. The van der Waals surface area contributed by atoms with Crippen LogP contribution in [-0.4, -0.2) is 46.0 Å². The number of likely N-dealkylation sites (tertiary alicyclic amines) is 2. The number of fused-ring (bicyclic) bond motifs is 2. The first-order valence-electron chi connectivity index (χ1n) is 8.11. The molecule has 0 aliphatic carbocycles. The number of phenols is 1. The van der Waals surface area contributed by atoms with Gasteiger partial charge in [0, 0.05) is 31.2 Å². The van der Waals surface area contributed by atoms with Gasteiger partial charge in [0.1, 0.15) is 5.75 Å². The molecule has 2 heterocycles. The lowest BCUT2D eigenvalue weighted by Gasteiger charge is -2.39. The Bertz CT molecular complexity index is 670. The minimum absolute atomic E-state index is 0.285. The first kappa shape index (κ1) is 15.9. The van der Waals surface area contributed by atoms with Gasteiger partial charge in [-0.05, 0) is 49.9 Å². The number of nitrogens with zero attached hydrogens (tertiary/aromatic N) is 2. The maximum atomic E-state index is 11.4. The fourth-order valence-corrected chi connectivity index (χ4v) is 4.10. The van der Waals surface area contributed by atoms with Crippen LogP contribution in [0.15, 0.2) is 24.4 Å². The predicted octanol–water partition coefficient (Wildman–Crippen LogP) is 1.83. The van der Waals surface area contributed by atoms with E-state index in [-0.39, 0.29) is 6.04 Å². The highest BCUT2D eigenvalue weighted by Crippen LogP contribution is 2.39. The molecule has 5 heteroatoms. The molecule has 124 valence electrons. The Balaban J connectivity index is 1.78. The van der Waals surface area contributed by atoms with Crippen LogP contribution in [0, 0.1) is 13.8 Å². The van der Waals surface area contributed by atoms with Crippen molar-refractivity contribution in [2.45, 2.75) is 45.3 Å². The first-order chi connectivity index (χ1) is 10.8. The van der Waals surface area contributed by atoms with Crippen molar-refractivity contribution in [2.24, 2.45) is 5.73 Å². The van der Waals surface area contributed by atoms with E-state index < -0.39 is 5.91 Å². The minimum Gasteiger partial charge on any atom is -0.508 e. The highest BCUT2D eigenvalue weighted by molar-refractivity contribution is 5.90. The summed E-state index contributed by atoms with van der Waals surface area (Å²) in [4.78, 5) is 15.9. The Kier molecular flexibility index (Phi) is 3.84. The zero-order valence-electron chi connectivity index (χ0n) is 14.0. The van der Waals surface area contributed by atoms with Gasteiger partial charge in [0.05, 0.1) is 5.70 Å². The molecule has 2 aliphatic rings. The van der Waals surface area contributed by atoms with E-state index in [4.69, 9.17) is 5.73 Å². The maximum absolute atomic E-state index is 11.4. The van der Waals surface area contributed by atoms with E-state index >= 15 is 0 Å². The number of piperazine rings is 1. The number of benzene rings is 1. The van der Waals surface area contributed by atoms with Crippen LogP contribution in [-0.2, 0) is 4.79 Å². The molecular weight excluding hydrogens is 290 g/mol. The number of hydrogen-bond donors (Lipinski definition) is 2. The van der Waals surface area contributed by atoms with Crippen molar-refractivity contribution in [1.82, 2.24) is 9.80 Å². The fraction of sp³-hybridized carbons (Fsp3) is 0.500. The molecule has 0 saturated carbocycles. The van der Waals surface area contributed by atoms with Crippen molar-refractivity contribution in [3.05, 3.63) is 41.1 Å². The van der Waals surface area contributed by atoms with Crippen molar-refractivity contribution in [3.8, 4) is 5.75 Å². The number of carbonyl (C=O) groups excluding carboxylic acids is 1. The molecule has 3 atom stereocenters. The SMILES string of the molecule is C=C(C(N)=O)N1C[C@@H]2C[C@H]1CN2[C@@H](C)c1ccc(O)c(C)c1C. The van der Waals surface area contributed by atoms with E-state index in [2.05, 4.69) is 30.2 Å². The highest BCUT2D eigenvalue weighted by Gasteiger charge is 2.46. The lowest BCUT2D eigenvalue weighted by molar-refractivity contribution is -0.116. The van der Waals surface area contributed by atoms with Crippen molar-refractivity contribution in [3.63, 3.8) is 0 Å². The minimum atomic E-state index is -0.429. The molecule has 0 aromatic heterocycles. The molecule has 0 unspecified atom stereocenters. The molecule has 2 fully saturated rings. The Morgan fingerprint density at radius 3 is 2.57 bits per heavy atom. The molecule has 0 radical (unpaired) electrons. The Morgan fingerprint density at radius 1 is 1.30 bits per heavy atom. The Labute approximate surface area is 137 Å². The summed E-state index contributed by atoms with van der Waals surface area (Å²) in [5.74, 6) is -0.0764. The monoisotopic (exact) mass is 315 g/mol. The molecule has 2 saturated heterocycles. The van der Waals surface area contributed by atoms with Gasteiger partial charge in [-0.15, -0.1) is 0 Å². The smallest absolute Gasteiger partial charge is 0.264 e. The van der Waals surface area contributed by atoms with Gasteiger partial charge in [-0.2, -0.15) is 0 Å². The van der Waals surface area contributed by atoms with Gasteiger partial charge < -0.3 is 15.7 Å². The number of carbonyl (C=O) groups is 1. The third-order valence-corrected chi connectivity index (χ3v) is 5.66. The molecule has 23 heavy (non-hydrogen) atoms. The largest absolute Gasteiger partial charge is 0.508 e. The number of phenolic OH excluding ortho intramolecular Hbond substituents is 1. The van der Waals surface area contributed by atoms with Gasteiger partial charge in [-0.3, -0.25) is 9.69 Å². The Morgan fingerprint density at radius 2 is 2.00 bits per heavy atom.